The Morgan fingerprint density at radius 3 is 2.82 bits per heavy atom. The maximum Gasteiger partial charge on any atom is 0.227 e. The third-order valence-corrected chi connectivity index (χ3v) is 2.99. The fraction of sp³-hybridized carbons (Fsp3) is 0.462. The van der Waals surface area contributed by atoms with E-state index in [4.69, 9.17) is 10.5 Å². The molecule has 3 N–H and O–H groups in total. The van der Waals surface area contributed by atoms with Crippen LogP contribution in [0, 0.1) is 5.92 Å². The molecule has 0 unspecified atom stereocenters. The second kappa shape index (κ2) is 5.19. The Balaban J connectivity index is 2.00. The summed E-state index contributed by atoms with van der Waals surface area (Å²) in [6.45, 7) is 2.50. The minimum atomic E-state index is 0.0406. The molecular formula is C13H18N2O2. The van der Waals surface area contributed by atoms with Crippen molar-refractivity contribution in [2.45, 2.75) is 25.8 Å². The van der Waals surface area contributed by atoms with Crippen molar-refractivity contribution in [3.05, 3.63) is 24.3 Å². The number of para-hydroxylation sites is 2. The first-order valence-corrected chi connectivity index (χ1v) is 5.99. The molecule has 0 aromatic heterocycles. The molecule has 4 heteroatoms. The summed E-state index contributed by atoms with van der Waals surface area (Å²) in [6, 6.07) is 7.66. The standard InChI is InChI=1S/C13H18N2O2/c1-2-17-12-6-4-3-5-11(12)15-13(16)9-7-10(14)8-9/h3-6,9-10H,2,7-8,14H2,1H3,(H,15,16). The predicted octanol–water partition coefficient (Wildman–Crippen LogP) is 1.76. The van der Waals surface area contributed by atoms with Crippen molar-refractivity contribution in [1.29, 1.82) is 0 Å². The molecule has 1 saturated carbocycles. The van der Waals surface area contributed by atoms with Crippen molar-refractivity contribution < 1.29 is 9.53 Å². The van der Waals surface area contributed by atoms with Crippen molar-refractivity contribution in [2.24, 2.45) is 11.7 Å². The highest BCUT2D eigenvalue weighted by Crippen LogP contribution is 2.29. The van der Waals surface area contributed by atoms with Gasteiger partial charge < -0.3 is 15.8 Å². The van der Waals surface area contributed by atoms with Crippen molar-refractivity contribution >= 4 is 11.6 Å². The number of carbonyl (C=O) groups excluding carboxylic acids is 1. The van der Waals surface area contributed by atoms with E-state index in [9.17, 15) is 4.79 Å². The van der Waals surface area contributed by atoms with Crippen LogP contribution in [-0.2, 0) is 4.79 Å². The van der Waals surface area contributed by atoms with E-state index in [1.54, 1.807) is 0 Å². The van der Waals surface area contributed by atoms with Gasteiger partial charge in [-0.1, -0.05) is 12.1 Å². The molecule has 0 atom stereocenters. The summed E-state index contributed by atoms with van der Waals surface area (Å²) in [5.74, 6) is 0.811. The first kappa shape index (κ1) is 11.9. The van der Waals surface area contributed by atoms with Crippen LogP contribution in [0.5, 0.6) is 5.75 Å². The van der Waals surface area contributed by atoms with Gasteiger partial charge >= 0.3 is 0 Å². The van der Waals surface area contributed by atoms with Crippen molar-refractivity contribution in [2.75, 3.05) is 11.9 Å². The van der Waals surface area contributed by atoms with Crippen LogP contribution in [0.1, 0.15) is 19.8 Å². The summed E-state index contributed by atoms with van der Waals surface area (Å²) in [5.41, 5.74) is 6.41. The number of nitrogens with two attached hydrogens (primary N) is 1. The van der Waals surface area contributed by atoms with Crippen LogP contribution >= 0.6 is 0 Å². The van der Waals surface area contributed by atoms with Gasteiger partial charge in [-0.05, 0) is 31.9 Å². The van der Waals surface area contributed by atoms with Crippen LogP contribution in [0.3, 0.4) is 0 Å². The Bertz CT molecular complexity index is 400. The molecule has 1 aromatic carbocycles. The summed E-state index contributed by atoms with van der Waals surface area (Å²) in [7, 11) is 0. The van der Waals surface area contributed by atoms with Crippen LogP contribution in [0.2, 0.25) is 0 Å². The van der Waals surface area contributed by atoms with Gasteiger partial charge in [-0.2, -0.15) is 0 Å². The zero-order chi connectivity index (χ0) is 12.3. The van der Waals surface area contributed by atoms with Crippen LogP contribution < -0.4 is 15.8 Å². The molecule has 0 spiro atoms. The molecule has 92 valence electrons. The molecule has 1 aliphatic rings. The van der Waals surface area contributed by atoms with Crippen LogP contribution in [-0.4, -0.2) is 18.6 Å². The topological polar surface area (TPSA) is 64.3 Å². The van der Waals surface area contributed by atoms with E-state index in [-0.39, 0.29) is 17.9 Å². The second-order valence-electron chi connectivity index (χ2n) is 4.35. The molecule has 1 aliphatic carbocycles. The Kier molecular flexibility index (Phi) is 3.64. The number of nitrogens with one attached hydrogen (secondary N) is 1. The SMILES string of the molecule is CCOc1ccccc1NC(=O)C1CC(N)C1. The minimum Gasteiger partial charge on any atom is -0.492 e. The zero-order valence-electron chi connectivity index (χ0n) is 9.98. The third kappa shape index (κ3) is 2.77. The number of hydrogen-bond acceptors (Lipinski definition) is 3. The van der Waals surface area contributed by atoms with Gasteiger partial charge in [0.15, 0.2) is 0 Å². The average molecular weight is 234 g/mol. The summed E-state index contributed by atoms with van der Waals surface area (Å²) in [5, 5.41) is 2.90. The number of ether oxygens (including phenoxy) is 1. The molecule has 0 aliphatic heterocycles. The number of benzene rings is 1. The number of rotatable bonds is 4. The molecule has 1 fully saturated rings. The smallest absolute Gasteiger partial charge is 0.227 e. The summed E-state index contributed by atoms with van der Waals surface area (Å²) < 4.78 is 5.45. The molecule has 2 rings (SSSR count). The summed E-state index contributed by atoms with van der Waals surface area (Å²) in [4.78, 5) is 11.9. The van der Waals surface area contributed by atoms with Gasteiger partial charge in [0.25, 0.3) is 0 Å². The highest BCUT2D eigenvalue weighted by atomic mass is 16.5. The molecular weight excluding hydrogens is 216 g/mol. The fourth-order valence-electron chi connectivity index (χ4n) is 1.96. The third-order valence-electron chi connectivity index (χ3n) is 2.99. The molecule has 0 bridgehead atoms. The summed E-state index contributed by atoms with van der Waals surface area (Å²) in [6.07, 6.45) is 1.56. The molecule has 17 heavy (non-hydrogen) atoms. The van der Waals surface area contributed by atoms with Crippen LogP contribution in [0.25, 0.3) is 0 Å². The zero-order valence-corrected chi connectivity index (χ0v) is 9.98. The Hall–Kier alpha value is -1.55. The lowest BCUT2D eigenvalue weighted by atomic mass is 9.80. The number of hydrogen-bond donors (Lipinski definition) is 2. The summed E-state index contributed by atoms with van der Waals surface area (Å²) >= 11 is 0. The van der Waals surface area contributed by atoms with Crippen LogP contribution in [0.15, 0.2) is 24.3 Å². The van der Waals surface area contributed by atoms with E-state index in [0.29, 0.717) is 12.4 Å². The highest BCUT2D eigenvalue weighted by Gasteiger charge is 2.32. The average Bonchev–Trinajstić information content (AvgIpc) is 2.28. The van der Waals surface area contributed by atoms with Gasteiger partial charge in [-0.15, -0.1) is 0 Å². The largest absolute Gasteiger partial charge is 0.492 e. The lowest BCUT2D eigenvalue weighted by Gasteiger charge is -2.31. The molecule has 0 radical (unpaired) electrons. The van der Waals surface area contributed by atoms with Crippen molar-refractivity contribution in [3.63, 3.8) is 0 Å². The first-order chi connectivity index (χ1) is 8.20. The van der Waals surface area contributed by atoms with Gasteiger partial charge in [0.1, 0.15) is 5.75 Å². The number of carbonyl (C=O) groups is 1. The molecule has 0 heterocycles. The van der Waals surface area contributed by atoms with Crippen molar-refractivity contribution in [3.8, 4) is 5.75 Å². The normalized spacial score (nSPS) is 22.7. The van der Waals surface area contributed by atoms with E-state index in [1.165, 1.54) is 0 Å². The minimum absolute atomic E-state index is 0.0406. The maximum absolute atomic E-state index is 11.9. The van der Waals surface area contributed by atoms with Gasteiger partial charge in [0.2, 0.25) is 5.91 Å². The van der Waals surface area contributed by atoms with Crippen LogP contribution in [0.4, 0.5) is 5.69 Å². The lowest BCUT2D eigenvalue weighted by molar-refractivity contribution is -0.122. The highest BCUT2D eigenvalue weighted by molar-refractivity contribution is 5.94. The van der Waals surface area contributed by atoms with Gasteiger partial charge in [0, 0.05) is 12.0 Å². The second-order valence-corrected chi connectivity index (χ2v) is 4.35. The lowest BCUT2D eigenvalue weighted by Crippen LogP contribution is -2.42. The number of amides is 1. The fourth-order valence-corrected chi connectivity index (χ4v) is 1.96. The predicted molar refractivity (Wildman–Crippen MR) is 66.9 cm³/mol. The van der Waals surface area contributed by atoms with Gasteiger partial charge in [0.05, 0.1) is 12.3 Å². The molecule has 4 nitrogen and oxygen atoms in total. The van der Waals surface area contributed by atoms with Gasteiger partial charge in [-0.25, -0.2) is 0 Å². The van der Waals surface area contributed by atoms with E-state index >= 15 is 0 Å². The van der Waals surface area contributed by atoms with E-state index in [0.717, 1.165) is 18.5 Å². The quantitative estimate of drug-likeness (QED) is 0.834. The molecule has 0 saturated heterocycles. The molecule has 1 aromatic rings. The van der Waals surface area contributed by atoms with Gasteiger partial charge in [-0.3, -0.25) is 4.79 Å². The van der Waals surface area contributed by atoms with E-state index < -0.39 is 0 Å². The van der Waals surface area contributed by atoms with E-state index in [1.807, 2.05) is 31.2 Å². The Labute approximate surface area is 101 Å². The van der Waals surface area contributed by atoms with E-state index in [2.05, 4.69) is 5.32 Å². The maximum atomic E-state index is 11.9. The Morgan fingerprint density at radius 1 is 1.47 bits per heavy atom. The molecule has 1 amide bonds. The Morgan fingerprint density at radius 2 is 2.18 bits per heavy atom. The van der Waals surface area contributed by atoms with Crippen molar-refractivity contribution in [1.82, 2.24) is 0 Å². The number of anilines is 1. The first-order valence-electron chi connectivity index (χ1n) is 5.99. The monoisotopic (exact) mass is 234 g/mol.